The normalized spacial score (nSPS) is 25.6. The molecular formula is C24H36ClN3O2. The number of likely N-dealkylation sites (tertiary alicyclic amines) is 1. The maximum Gasteiger partial charge on any atom is 0.237 e. The van der Waals surface area contributed by atoms with E-state index in [1.54, 1.807) is 0 Å². The summed E-state index contributed by atoms with van der Waals surface area (Å²) >= 11 is 0. The molecule has 2 amide bonds. The van der Waals surface area contributed by atoms with Gasteiger partial charge < -0.3 is 15.5 Å². The number of hydrogen-bond acceptors (Lipinski definition) is 3. The van der Waals surface area contributed by atoms with Gasteiger partial charge >= 0.3 is 0 Å². The van der Waals surface area contributed by atoms with Crippen molar-refractivity contribution in [2.75, 3.05) is 26.2 Å². The Morgan fingerprint density at radius 1 is 1.17 bits per heavy atom. The molecule has 3 aliphatic rings. The first-order chi connectivity index (χ1) is 14.1. The van der Waals surface area contributed by atoms with Crippen LogP contribution in [0, 0.1) is 12.8 Å². The number of nitrogens with zero attached hydrogens (tertiary/aromatic N) is 1. The smallest absolute Gasteiger partial charge is 0.237 e. The minimum absolute atomic E-state index is 0. The van der Waals surface area contributed by atoms with Gasteiger partial charge in [-0.1, -0.05) is 42.7 Å². The Kier molecular flexibility index (Phi) is 7.81. The van der Waals surface area contributed by atoms with E-state index in [4.69, 9.17) is 0 Å². The van der Waals surface area contributed by atoms with Crippen LogP contribution >= 0.6 is 12.4 Å². The van der Waals surface area contributed by atoms with Crippen LogP contribution < -0.4 is 10.6 Å². The number of halogens is 1. The maximum absolute atomic E-state index is 13.8. The van der Waals surface area contributed by atoms with Gasteiger partial charge in [-0.3, -0.25) is 9.59 Å². The summed E-state index contributed by atoms with van der Waals surface area (Å²) in [6.45, 7) is 5.34. The predicted molar refractivity (Wildman–Crippen MR) is 122 cm³/mol. The fraction of sp³-hybridized carbons (Fsp3) is 0.667. The van der Waals surface area contributed by atoms with Gasteiger partial charge in [0.1, 0.15) is 0 Å². The molecule has 3 fully saturated rings. The van der Waals surface area contributed by atoms with Crippen LogP contribution in [-0.4, -0.2) is 48.9 Å². The summed E-state index contributed by atoms with van der Waals surface area (Å²) in [6, 6.07) is 8.52. The van der Waals surface area contributed by atoms with Crippen LogP contribution in [0.1, 0.15) is 62.5 Å². The lowest BCUT2D eigenvalue weighted by Gasteiger charge is -2.39. The summed E-state index contributed by atoms with van der Waals surface area (Å²) in [7, 11) is 0. The molecule has 1 saturated carbocycles. The number of rotatable bonds is 5. The molecule has 0 bridgehead atoms. The van der Waals surface area contributed by atoms with E-state index >= 15 is 0 Å². The molecule has 1 aromatic carbocycles. The van der Waals surface area contributed by atoms with Gasteiger partial charge in [-0.15, -0.1) is 12.4 Å². The molecule has 2 aliphatic heterocycles. The highest BCUT2D eigenvalue weighted by atomic mass is 35.5. The first kappa shape index (κ1) is 23.1. The number of nitrogens with one attached hydrogen (secondary N) is 2. The Hall–Kier alpha value is -1.59. The van der Waals surface area contributed by atoms with E-state index in [-0.39, 0.29) is 29.8 Å². The second-order valence-corrected chi connectivity index (χ2v) is 9.31. The third kappa shape index (κ3) is 4.83. The van der Waals surface area contributed by atoms with E-state index in [1.807, 2.05) is 0 Å². The molecule has 2 atom stereocenters. The highest BCUT2D eigenvalue weighted by Gasteiger charge is 2.45. The molecule has 1 aliphatic carbocycles. The van der Waals surface area contributed by atoms with Crippen LogP contribution in [-0.2, 0) is 15.0 Å². The van der Waals surface area contributed by atoms with E-state index in [9.17, 15) is 9.59 Å². The lowest BCUT2D eigenvalue weighted by atomic mass is 9.76. The zero-order valence-electron chi connectivity index (χ0n) is 18.1. The summed E-state index contributed by atoms with van der Waals surface area (Å²) in [5, 5.41) is 6.39. The van der Waals surface area contributed by atoms with Crippen molar-refractivity contribution < 1.29 is 9.59 Å². The van der Waals surface area contributed by atoms with Crippen LogP contribution in [0.2, 0.25) is 0 Å². The number of carbonyl (C=O) groups excluding carboxylic acids is 2. The van der Waals surface area contributed by atoms with E-state index < -0.39 is 0 Å². The molecule has 4 rings (SSSR count). The first-order valence-electron chi connectivity index (χ1n) is 11.5. The number of hydrogen-bond donors (Lipinski definition) is 2. The Morgan fingerprint density at radius 2 is 1.97 bits per heavy atom. The minimum atomic E-state index is -0.342. The van der Waals surface area contributed by atoms with E-state index in [0.717, 1.165) is 71.0 Å². The quantitative estimate of drug-likeness (QED) is 0.748. The Labute approximate surface area is 186 Å². The zero-order chi connectivity index (χ0) is 20.3. The lowest BCUT2D eigenvalue weighted by Crippen LogP contribution is -2.51. The number of aryl methyl sites for hydroxylation is 1. The van der Waals surface area contributed by atoms with Crippen LogP contribution in [0.3, 0.4) is 0 Å². The predicted octanol–water partition coefficient (Wildman–Crippen LogP) is 3.34. The number of benzene rings is 1. The SMILES string of the molecule is Cc1cccc(C2(C(=O)N3CCCC(CNC(=O)C4CCCN4)C3)CCCC2)c1.Cl. The molecule has 6 heteroatoms. The van der Waals surface area contributed by atoms with Gasteiger partial charge in [0.05, 0.1) is 11.5 Å². The van der Waals surface area contributed by atoms with Crippen molar-refractivity contribution in [3.05, 3.63) is 35.4 Å². The molecule has 0 radical (unpaired) electrons. The monoisotopic (exact) mass is 433 g/mol. The van der Waals surface area contributed by atoms with Crippen molar-refractivity contribution in [3.63, 3.8) is 0 Å². The van der Waals surface area contributed by atoms with Crippen LogP contribution in [0.25, 0.3) is 0 Å². The Bertz CT molecular complexity index is 742. The molecule has 5 nitrogen and oxygen atoms in total. The fourth-order valence-corrected chi connectivity index (χ4v) is 5.54. The van der Waals surface area contributed by atoms with Gasteiger partial charge in [-0.25, -0.2) is 0 Å². The average Bonchev–Trinajstić information content (AvgIpc) is 3.44. The van der Waals surface area contributed by atoms with Crippen molar-refractivity contribution in [3.8, 4) is 0 Å². The third-order valence-electron chi connectivity index (χ3n) is 7.19. The maximum atomic E-state index is 13.8. The molecule has 0 aromatic heterocycles. The van der Waals surface area contributed by atoms with Crippen LogP contribution in [0.15, 0.2) is 24.3 Å². The van der Waals surface area contributed by atoms with Crippen molar-refractivity contribution in [1.29, 1.82) is 0 Å². The third-order valence-corrected chi connectivity index (χ3v) is 7.19. The number of carbonyl (C=O) groups is 2. The summed E-state index contributed by atoms with van der Waals surface area (Å²) in [5.41, 5.74) is 2.08. The van der Waals surface area contributed by atoms with E-state index in [0.29, 0.717) is 18.4 Å². The molecule has 2 saturated heterocycles. The topological polar surface area (TPSA) is 61.4 Å². The summed E-state index contributed by atoms with van der Waals surface area (Å²) in [4.78, 5) is 28.2. The van der Waals surface area contributed by atoms with Gasteiger partial charge in [0.15, 0.2) is 0 Å². The highest BCUT2D eigenvalue weighted by Crippen LogP contribution is 2.43. The van der Waals surface area contributed by atoms with Crippen molar-refractivity contribution in [1.82, 2.24) is 15.5 Å². The van der Waals surface area contributed by atoms with Gasteiger partial charge in [-0.2, -0.15) is 0 Å². The van der Waals surface area contributed by atoms with E-state index in [2.05, 4.69) is 46.7 Å². The van der Waals surface area contributed by atoms with Gasteiger partial charge in [0.25, 0.3) is 0 Å². The Balaban J connectivity index is 0.00000256. The van der Waals surface area contributed by atoms with E-state index in [1.165, 1.54) is 11.1 Å². The second-order valence-electron chi connectivity index (χ2n) is 9.31. The average molecular weight is 434 g/mol. The molecular weight excluding hydrogens is 398 g/mol. The van der Waals surface area contributed by atoms with Crippen molar-refractivity contribution in [2.45, 2.75) is 69.7 Å². The van der Waals surface area contributed by atoms with Crippen molar-refractivity contribution >= 4 is 24.2 Å². The molecule has 166 valence electrons. The Morgan fingerprint density at radius 3 is 2.67 bits per heavy atom. The van der Waals surface area contributed by atoms with Gasteiger partial charge in [-0.05, 0) is 63.5 Å². The molecule has 2 heterocycles. The number of amides is 2. The molecule has 2 N–H and O–H groups in total. The largest absolute Gasteiger partial charge is 0.354 e. The standard InChI is InChI=1S/C24H35N3O2.ClH/c1-18-7-4-9-20(15-18)24(11-2-3-12-24)23(29)27-14-6-8-19(17-27)16-26-22(28)21-10-5-13-25-21;/h4,7,9,15,19,21,25H,2-3,5-6,8,10-14,16-17H2,1H3,(H,26,28);1H. The number of piperidine rings is 1. The molecule has 1 aromatic rings. The fourth-order valence-electron chi connectivity index (χ4n) is 5.54. The molecule has 0 spiro atoms. The lowest BCUT2D eigenvalue weighted by molar-refractivity contribution is -0.139. The first-order valence-corrected chi connectivity index (χ1v) is 11.5. The molecule has 2 unspecified atom stereocenters. The minimum Gasteiger partial charge on any atom is -0.354 e. The summed E-state index contributed by atoms with van der Waals surface area (Å²) in [6.07, 6.45) is 8.28. The van der Waals surface area contributed by atoms with Gasteiger partial charge in [0.2, 0.25) is 11.8 Å². The summed E-state index contributed by atoms with van der Waals surface area (Å²) in [5.74, 6) is 0.793. The van der Waals surface area contributed by atoms with Crippen LogP contribution in [0.5, 0.6) is 0 Å². The van der Waals surface area contributed by atoms with Crippen LogP contribution in [0.4, 0.5) is 0 Å². The summed E-state index contributed by atoms with van der Waals surface area (Å²) < 4.78 is 0. The molecule has 30 heavy (non-hydrogen) atoms. The van der Waals surface area contributed by atoms with Gasteiger partial charge in [0, 0.05) is 19.6 Å². The zero-order valence-corrected chi connectivity index (χ0v) is 18.9. The highest BCUT2D eigenvalue weighted by molar-refractivity contribution is 5.89. The second kappa shape index (κ2) is 10.1. The van der Waals surface area contributed by atoms with Crippen molar-refractivity contribution in [2.24, 2.45) is 5.92 Å².